The molecular weight excluding hydrogens is 364 g/mol. The quantitative estimate of drug-likeness (QED) is 0.245. The van der Waals surface area contributed by atoms with Gasteiger partial charge >= 0.3 is 11.9 Å². The lowest BCUT2D eigenvalue weighted by Gasteiger charge is -2.59. The van der Waals surface area contributed by atoms with Crippen LogP contribution in [0.15, 0.2) is 23.8 Å². The molecule has 4 nitrogen and oxygen atoms in total. The highest BCUT2D eigenvalue weighted by Crippen LogP contribution is 2.65. The summed E-state index contributed by atoms with van der Waals surface area (Å²) in [6, 6.07) is 3.95. The third-order valence-electron chi connectivity index (χ3n) is 6.84. The fourth-order valence-electron chi connectivity index (χ4n) is 5.33. The highest BCUT2D eigenvalue weighted by molar-refractivity contribution is 5.73. The van der Waals surface area contributed by atoms with Crippen LogP contribution in [0.5, 0.6) is 11.5 Å². The molecule has 3 unspecified atom stereocenters. The molecular formula is C25H34O4. The number of carbonyl (C=O) groups excluding carboxylic acids is 2. The van der Waals surface area contributed by atoms with Crippen molar-refractivity contribution in [1.29, 1.82) is 0 Å². The molecule has 0 radical (unpaired) electrons. The van der Waals surface area contributed by atoms with E-state index in [-0.39, 0.29) is 23.3 Å². The first-order valence-corrected chi connectivity index (χ1v) is 10.9. The number of allylic oxidation sites excluding steroid dienone is 2. The van der Waals surface area contributed by atoms with Crippen LogP contribution in [0.3, 0.4) is 0 Å². The fraction of sp³-hybridized carbons (Fsp3) is 0.600. The molecule has 0 heterocycles. The minimum absolute atomic E-state index is 0.0726. The van der Waals surface area contributed by atoms with E-state index in [1.807, 2.05) is 12.1 Å². The number of fused-ring (bicyclic) bond motifs is 1. The van der Waals surface area contributed by atoms with Gasteiger partial charge < -0.3 is 9.47 Å². The zero-order valence-corrected chi connectivity index (χ0v) is 18.6. The first-order valence-electron chi connectivity index (χ1n) is 10.9. The lowest BCUT2D eigenvalue weighted by atomic mass is 9.45. The molecule has 29 heavy (non-hydrogen) atoms. The van der Waals surface area contributed by atoms with Gasteiger partial charge in [0.1, 0.15) is 11.5 Å². The zero-order valence-electron chi connectivity index (χ0n) is 18.6. The molecule has 0 N–H and O–H groups in total. The lowest BCUT2D eigenvalue weighted by molar-refractivity contribution is -0.132. The van der Waals surface area contributed by atoms with E-state index in [9.17, 15) is 9.59 Å². The minimum atomic E-state index is -0.354. The first-order chi connectivity index (χ1) is 13.6. The number of hydrogen-bond acceptors (Lipinski definition) is 4. The monoisotopic (exact) mass is 398 g/mol. The summed E-state index contributed by atoms with van der Waals surface area (Å²) in [5.41, 5.74) is 3.43. The van der Waals surface area contributed by atoms with Crippen molar-refractivity contribution < 1.29 is 19.1 Å². The van der Waals surface area contributed by atoms with Crippen LogP contribution in [0.1, 0.15) is 84.3 Å². The molecule has 2 bridgehead atoms. The number of rotatable bonds is 7. The molecule has 0 saturated heterocycles. The van der Waals surface area contributed by atoms with Gasteiger partial charge in [-0.2, -0.15) is 0 Å². The second-order valence-electron chi connectivity index (χ2n) is 9.30. The van der Waals surface area contributed by atoms with Crippen LogP contribution < -0.4 is 9.47 Å². The van der Waals surface area contributed by atoms with Gasteiger partial charge in [0.2, 0.25) is 0 Å². The molecule has 1 saturated carbocycles. The minimum Gasteiger partial charge on any atom is -0.426 e. The molecule has 3 aliphatic rings. The molecule has 4 rings (SSSR count). The van der Waals surface area contributed by atoms with Gasteiger partial charge in [-0.3, -0.25) is 9.59 Å². The predicted octanol–water partition coefficient (Wildman–Crippen LogP) is 5.98. The van der Waals surface area contributed by atoms with Crippen molar-refractivity contribution in [3.63, 3.8) is 0 Å². The van der Waals surface area contributed by atoms with Gasteiger partial charge in [0.25, 0.3) is 0 Å². The molecule has 1 aromatic rings. The molecule has 3 atom stereocenters. The van der Waals surface area contributed by atoms with Crippen LogP contribution in [0.25, 0.3) is 0 Å². The summed E-state index contributed by atoms with van der Waals surface area (Å²) in [6.45, 7) is 11.8. The van der Waals surface area contributed by atoms with Crippen LogP contribution in [-0.2, 0) is 16.0 Å². The van der Waals surface area contributed by atoms with Gasteiger partial charge in [0.05, 0.1) is 0 Å². The lowest BCUT2D eigenvalue weighted by Crippen LogP contribution is -2.50. The van der Waals surface area contributed by atoms with E-state index in [0.29, 0.717) is 23.3 Å². The van der Waals surface area contributed by atoms with Crippen LogP contribution in [0.2, 0.25) is 0 Å². The van der Waals surface area contributed by atoms with E-state index in [1.165, 1.54) is 19.4 Å². The number of esters is 2. The van der Waals surface area contributed by atoms with Crippen LogP contribution in [0.4, 0.5) is 0 Å². The normalized spacial score (nSPS) is 24.3. The Morgan fingerprint density at radius 1 is 1.07 bits per heavy atom. The Hall–Kier alpha value is -2.10. The average Bonchev–Trinajstić information content (AvgIpc) is 2.59. The van der Waals surface area contributed by atoms with Crippen molar-refractivity contribution in [3.05, 3.63) is 34.9 Å². The Balaban J connectivity index is 2.11. The van der Waals surface area contributed by atoms with Gasteiger partial charge in [-0.15, -0.1) is 0 Å². The summed E-state index contributed by atoms with van der Waals surface area (Å²) < 4.78 is 11.4. The van der Waals surface area contributed by atoms with Crippen molar-refractivity contribution >= 4 is 11.9 Å². The number of unbranched alkanes of at least 4 members (excludes halogenated alkanes) is 2. The number of hydrogen-bond donors (Lipinski definition) is 0. The largest absolute Gasteiger partial charge is 0.426 e. The topological polar surface area (TPSA) is 52.6 Å². The van der Waals surface area contributed by atoms with Crippen LogP contribution in [0, 0.1) is 17.3 Å². The Kier molecular flexibility index (Phi) is 6.21. The number of ether oxygens (including phenoxy) is 2. The third-order valence-corrected chi connectivity index (χ3v) is 6.84. The highest BCUT2D eigenvalue weighted by atomic mass is 16.5. The molecule has 1 aromatic carbocycles. The molecule has 0 aromatic heterocycles. The van der Waals surface area contributed by atoms with E-state index < -0.39 is 0 Å². The second-order valence-corrected chi connectivity index (χ2v) is 9.30. The van der Waals surface area contributed by atoms with E-state index in [4.69, 9.17) is 9.47 Å². The van der Waals surface area contributed by atoms with E-state index in [0.717, 1.165) is 43.2 Å². The van der Waals surface area contributed by atoms with Gasteiger partial charge in [0.15, 0.2) is 0 Å². The van der Waals surface area contributed by atoms with Crippen LogP contribution in [-0.4, -0.2) is 11.9 Å². The second kappa shape index (κ2) is 8.33. The maximum absolute atomic E-state index is 11.9. The Morgan fingerprint density at radius 3 is 2.10 bits per heavy atom. The molecule has 0 aliphatic heterocycles. The van der Waals surface area contributed by atoms with E-state index in [1.54, 1.807) is 0 Å². The maximum Gasteiger partial charge on any atom is 0.308 e. The molecule has 158 valence electrons. The molecule has 0 spiro atoms. The van der Waals surface area contributed by atoms with Crippen LogP contribution >= 0.6 is 0 Å². The Bertz CT molecular complexity index is 796. The molecule has 3 aliphatic carbocycles. The van der Waals surface area contributed by atoms with E-state index >= 15 is 0 Å². The first kappa shape index (κ1) is 21.6. The standard InChI is InChI=1S/C25H34O4/c1-7-8-9-10-18-12-22(28-16(3)26)24(23(13-18)29-17(4)27)19-11-15(2)20-14-21(19)25(20,5)6/h11-13,19-21H,7-10,14H2,1-6H3. The van der Waals surface area contributed by atoms with Crippen molar-refractivity contribution in [2.24, 2.45) is 17.3 Å². The predicted molar refractivity (Wildman–Crippen MR) is 114 cm³/mol. The summed E-state index contributed by atoms with van der Waals surface area (Å²) in [4.78, 5) is 23.8. The van der Waals surface area contributed by atoms with Gasteiger partial charge in [-0.25, -0.2) is 0 Å². The number of carbonyl (C=O) groups is 2. The molecule has 4 heteroatoms. The summed E-state index contributed by atoms with van der Waals surface area (Å²) in [5, 5.41) is 0. The summed E-state index contributed by atoms with van der Waals surface area (Å²) in [7, 11) is 0. The fourth-order valence-corrected chi connectivity index (χ4v) is 5.33. The Morgan fingerprint density at radius 2 is 1.66 bits per heavy atom. The van der Waals surface area contributed by atoms with Crippen molar-refractivity contribution in [3.8, 4) is 11.5 Å². The Labute approximate surface area is 174 Å². The van der Waals surface area contributed by atoms with E-state index in [2.05, 4.69) is 33.8 Å². The van der Waals surface area contributed by atoms with Crippen molar-refractivity contribution in [2.45, 2.75) is 79.6 Å². The van der Waals surface area contributed by atoms with Gasteiger partial charge in [-0.05, 0) is 61.1 Å². The number of benzene rings is 1. The van der Waals surface area contributed by atoms with Crippen molar-refractivity contribution in [1.82, 2.24) is 0 Å². The molecule has 0 amide bonds. The van der Waals surface area contributed by atoms with Gasteiger partial charge in [-0.1, -0.05) is 45.3 Å². The van der Waals surface area contributed by atoms with Gasteiger partial charge in [0, 0.05) is 25.3 Å². The smallest absolute Gasteiger partial charge is 0.308 e. The van der Waals surface area contributed by atoms with Crippen molar-refractivity contribution in [2.75, 3.05) is 0 Å². The summed E-state index contributed by atoms with van der Waals surface area (Å²) >= 11 is 0. The zero-order chi connectivity index (χ0) is 21.3. The number of aryl methyl sites for hydroxylation is 1. The summed E-state index contributed by atoms with van der Waals surface area (Å²) in [5.74, 6) is 1.48. The SMILES string of the molecule is CCCCCc1cc(OC(C)=O)c(C2C=C(C)C3CC2C3(C)C)c(OC(C)=O)c1. The highest BCUT2D eigenvalue weighted by Gasteiger charge is 2.55. The summed E-state index contributed by atoms with van der Waals surface area (Å²) in [6.07, 6.45) is 7.60. The average molecular weight is 399 g/mol. The molecule has 1 fully saturated rings. The third kappa shape index (κ3) is 4.26. The maximum atomic E-state index is 11.9.